The van der Waals surface area contributed by atoms with Crippen LogP contribution >= 0.6 is 0 Å². The zero-order valence-electron chi connectivity index (χ0n) is 41.7. The molecule has 1 amide bonds. The number of hydrogen-bond acceptors (Lipinski definition) is 5. The second-order valence-corrected chi connectivity index (χ2v) is 18.4. The Morgan fingerprint density at radius 1 is 0.476 bits per heavy atom. The van der Waals surface area contributed by atoms with Crippen LogP contribution in [0.3, 0.4) is 0 Å². The lowest BCUT2D eigenvalue weighted by Gasteiger charge is -2.24. The van der Waals surface area contributed by atoms with Crippen LogP contribution in [0.4, 0.5) is 0 Å². The van der Waals surface area contributed by atoms with Gasteiger partial charge in [0.05, 0.1) is 25.2 Å². The van der Waals surface area contributed by atoms with Crippen molar-refractivity contribution in [3.05, 3.63) is 60.8 Å². The number of aliphatic hydroxyl groups is 2. The summed E-state index contributed by atoms with van der Waals surface area (Å²) in [6.07, 6.45) is 62.9. The Labute approximate surface area is 390 Å². The second kappa shape index (κ2) is 50.6. The number of hydrogen-bond donors (Lipinski definition) is 3. The molecule has 6 heteroatoms. The van der Waals surface area contributed by atoms with E-state index in [1.807, 2.05) is 48.6 Å². The van der Waals surface area contributed by atoms with Gasteiger partial charge >= 0.3 is 5.97 Å². The summed E-state index contributed by atoms with van der Waals surface area (Å²) in [4.78, 5) is 26.2. The SMILES string of the molecule is CC/C=C/C=C/C=C\C=C/C=C/CCCC(=O)OC(CCCCCCCCCCCCCCCCCC)CC(=O)NC(CO)C(O)CCCCCCCCCCCCCCCCC. The van der Waals surface area contributed by atoms with Crippen molar-refractivity contribution in [2.24, 2.45) is 0 Å². The number of ether oxygens (including phenoxy) is 1. The molecule has 0 spiro atoms. The molecule has 0 aromatic heterocycles. The number of esters is 1. The van der Waals surface area contributed by atoms with Gasteiger partial charge in [0.25, 0.3) is 0 Å². The van der Waals surface area contributed by atoms with E-state index in [1.165, 1.54) is 161 Å². The third kappa shape index (κ3) is 45.9. The molecule has 0 aromatic carbocycles. The number of amides is 1. The van der Waals surface area contributed by atoms with Crippen molar-refractivity contribution in [2.75, 3.05) is 6.61 Å². The summed E-state index contributed by atoms with van der Waals surface area (Å²) in [5.74, 6) is -0.553. The predicted molar refractivity (Wildman–Crippen MR) is 273 cm³/mol. The van der Waals surface area contributed by atoms with Crippen LogP contribution in [0.1, 0.15) is 265 Å². The van der Waals surface area contributed by atoms with Gasteiger partial charge in [0.15, 0.2) is 0 Å². The van der Waals surface area contributed by atoms with Crippen LogP contribution in [0, 0.1) is 0 Å². The Bertz CT molecular complexity index is 1130. The van der Waals surface area contributed by atoms with Crippen LogP contribution in [-0.4, -0.2) is 46.9 Å². The van der Waals surface area contributed by atoms with Gasteiger partial charge in [-0.3, -0.25) is 9.59 Å². The lowest BCUT2D eigenvalue weighted by atomic mass is 10.0. The lowest BCUT2D eigenvalue weighted by molar-refractivity contribution is -0.151. The molecule has 0 aliphatic rings. The van der Waals surface area contributed by atoms with E-state index in [9.17, 15) is 19.8 Å². The third-order valence-corrected chi connectivity index (χ3v) is 12.2. The quantitative estimate of drug-likeness (QED) is 0.0321. The van der Waals surface area contributed by atoms with E-state index in [1.54, 1.807) is 0 Å². The van der Waals surface area contributed by atoms with Gasteiger partial charge in [0, 0.05) is 6.42 Å². The smallest absolute Gasteiger partial charge is 0.306 e. The molecule has 0 bridgehead atoms. The van der Waals surface area contributed by atoms with Gasteiger partial charge in [-0.15, -0.1) is 0 Å². The Hall–Kier alpha value is -2.44. The van der Waals surface area contributed by atoms with E-state index in [-0.39, 0.29) is 24.9 Å². The third-order valence-electron chi connectivity index (χ3n) is 12.2. The van der Waals surface area contributed by atoms with Gasteiger partial charge in [-0.05, 0) is 38.5 Å². The van der Waals surface area contributed by atoms with Crippen LogP contribution in [0.15, 0.2) is 60.8 Å². The Morgan fingerprint density at radius 3 is 1.24 bits per heavy atom. The number of unbranched alkanes of at least 4 members (excludes halogenated alkanes) is 30. The van der Waals surface area contributed by atoms with Crippen LogP contribution in [0.25, 0.3) is 0 Å². The second-order valence-electron chi connectivity index (χ2n) is 18.4. The molecule has 0 aliphatic heterocycles. The number of carbonyl (C=O) groups excluding carboxylic acids is 2. The van der Waals surface area contributed by atoms with Crippen molar-refractivity contribution in [2.45, 2.75) is 283 Å². The molecule has 0 saturated heterocycles. The van der Waals surface area contributed by atoms with Crippen molar-refractivity contribution < 1.29 is 24.5 Å². The summed E-state index contributed by atoms with van der Waals surface area (Å²) in [6, 6.07) is -0.716. The summed E-state index contributed by atoms with van der Waals surface area (Å²) < 4.78 is 5.91. The molecular weight excluding hydrogens is 779 g/mol. The number of aliphatic hydroxyl groups excluding tert-OH is 2. The molecule has 3 atom stereocenters. The van der Waals surface area contributed by atoms with E-state index < -0.39 is 18.2 Å². The Morgan fingerprint density at radius 2 is 0.841 bits per heavy atom. The summed E-state index contributed by atoms with van der Waals surface area (Å²) >= 11 is 0. The van der Waals surface area contributed by atoms with E-state index in [2.05, 4.69) is 38.2 Å². The van der Waals surface area contributed by atoms with Crippen LogP contribution in [0.2, 0.25) is 0 Å². The van der Waals surface area contributed by atoms with E-state index in [4.69, 9.17) is 4.74 Å². The molecule has 0 aliphatic carbocycles. The first-order valence-electron chi connectivity index (χ1n) is 27.1. The fraction of sp³-hybridized carbons (Fsp3) is 0.789. The predicted octanol–water partition coefficient (Wildman–Crippen LogP) is 16.4. The molecule has 366 valence electrons. The minimum atomic E-state index is -0.800. The van der Waals surface area contributed by atoms with Gasteiger partial charge in [0.1, 0.15) is 6.10 Å². The average Bonchev–Trinajstić information content (AvgIpc) is 3.28. The molecule has 3 unspecified atom stereocenters. The molecule has 0 heterocycles. The first kappa shape index (κ1) is 60.6. The van der Waals surface area contributed by atoms with Gasteiger partial charge in [-0.1, -0.05) is 274 Å². The van der Waals surface area contributed by atoms with Gasteiger partial charge in [0.2, 0.25) is 5.91 Å². The fourth-order valence-corrected chi connectivity index (χ4v) is 8.17. The average molecular weight is 882 g/mol. The lowest BCUT2D eigenvalue weighted by Crippen LogP contribution is -2.46. The number of carbonyl (C=O) groups is 2. The van der Waals surface area contributed by atoms with Crippen LogP contribution in [-0.2, 0) is 14.3 Å². The van der Waals surface area contributed by atoms with Gasteiger partial charge in [-0.25, -0.2) is 0 Å². The highest BCUT2D eigenvalue weighted by molar-refractivity contribution is 5.77. The first-order valence-corrected chi connectivity index (χ1v) is 27.1. The molecule has 0 radical (unpaired) electrons. The van der Waals surface area contributed by atoms with Crippen molar-refractivity contribution in [3.63, 3.8) is 0 Å². The monoisotopic (exact) mass is 882 g/mol. The standard InChI is InChI=1S/C57H103NO5/c1-4-7-10-13-16-19-22-25-27-29-31-33-36-39-42-45-48-53(63-57(62)50-47-44-41-38-35-30-24-21-18-15-12-9-6-3)51-56(61)58-54(52-59)55(60)49-46-43-40-37-34-32-28-26-23-20-17-14-11-8-5-2/h9,12,15,18,21,24,30,35,38,41,53-55,59-60H,4-8,10-11,13-14,16-17,19-20,22-23,25-29,31-34,36-37,39-40,42-52H2,1-3H3,(H,58,61)/b12-9+,18-15+,24-21-,35-30-,41-38+. The minimum Gasteiger partial charge on any atom is -0.462 e. The highest BCUT2D eigenvalue weighted by Crippen LogP contribution is 2.18. The van der Waals surface area contributed by atoms with Gasteiger partial charge < -0.3 is 20.3 Å². The molecule has 0 fully saturated rings. The summed E-state index contributed by atoms with van der Waals surface area (Å²) in [7, 11) is 0. The molecular formula is C57H103NO5. The number of rotatable bonds is 48. The maximum absolute atomic E-state index is 13.2. The molecule has 6 nitrogen and oxygen atoms in total. The minimum absolute atomic E-state index is 0.0505. The van der Waals surface area contributed by atoms with Crippen molar-refractivity contribution >= 4 is 11.9 Å². The van der Waals surface area contributed by atoms with Crippen LogP contribution < -0.4 is 5.32 Å². The van der Waals surface area contributed by atoms with E-state index in [0.717, 1.165) is 51.4 Å². The van der Waals surface area contributed by atoms with Crippen molar-refractivity contribution in [1.29, 1.82) is 0 Å². The van der Waals surface area contributed by atoms with E-state index >= 15 is 0 Å². The van der Waals surface area contributed by atoms with Gasteiger partial charge in [-0.2, -0.15) is 0 Å². The van der Waals surface area contributed by atoms with E-state index in [0.29, 0.717) is 25.7 Å². The molecule has 0 saturated carbocycles. The molecule has 0 rings (SSSR count). The first-order chi connectivity index (χ1) is 31.0. The van der Waals surface area contributed by atoms with Crippen molar-refractivity contribution in [3.8, 4) is 0 Å². The van der Waals surface area contributed by atoms with Crippen LogP contribution in [0.5, 0.6) is 0 Å². The summed E-state index contributed by atoms with van der Waals surface area (Å²) in [5.41, 5.74) is 0. The van der Waals surface area contributed by atoms with Crippen molar-refractivity contribution in [1.82, 2.24) is 5.32 Å². The maximum Gasteiger partial charge on any atom is 0.306 e. The Kier molecular flexibility index (Phi) is 48.6. The zero-order chi connectivity index (χ0) is 45.9. The Balaban J connectivity index is 4.63. The largest absolute Gasteiger partial charge is 0.462 e. The molecule has 3 N–H and O–H groups in total. The zero-order valence-corrected chi connectivity index (χ0v) is 41.7. The summed E-state index contributed by atoms with van der Waals surface area (Å²) in [5, 5.41) is 23.8. The highest BCUT2D eigenvalue weighted by Gasteiger charge is 2.24. The normalized spacial score (nSPS) is 13.7. The summed E-state index contributed by atoms with van der Waals surface area (Å²) in [6.45, 7) is 6.35. The molecule has 63 heavy (non-hydrogen) atoms. The highest BCUT2D eigenvalue weighted by atomic mass is 16.5. The topological polar surface area (TPSA) is 95.9 Å². The number of allylic oxidation sites excluding steroid dienone is 10. The maximum atomic E-state index is 13.2. The fourth-order valence-electron chi connectivity index (χ4n) is 8.17. The number of nitrogens with one attached hydrogen (secondary N) is 1. The molecule has 0 aromatic rings.